The van der Waals surface area contributed by atoms with Crippen molar-refractivity contribution in [3.05, 3.63) is 81.5 Å². The molecule has 4 rings (SSSR count). The molecule has 0 radical (unpaired) electrons. The maximum atomic E-state index is 14.5. The second-order valence-electron chi connectivity index (χ2n) is 6.05. The average Bonchev–Trinajstić information content (AvgIpc) is 3.35. The van der Waals surface area contributed by atoms with Crippen LogP contribution in [0.15, 0.2) is 64.3 Å². The Kier molecular flexibility index (Phi) is 6.00. The zero-order chi connectivity index (χ0) is 21.1. The number of anilines is 1. The molecule has 0 bridgehead atoms. The molecule has 6 nitrogen and oxygen atoms in total. The Hall–Kier alpha value is -2.53. The van der Waals surface area contributed by atoms with Crippen molar-refractivity contribution < 1.29 is 17.5 Å². The van der Waals surface area contributed by atoms with Crippen LogP contribution < -0.4 is 9.46 Å². The van der Waals surface area contributed by atoms with Gasteiger partial charge in [-0.2, -0.15) is 0 Å². The molecular formula is C19H13ClFN3O3S3. The lowest BCUT2D eigenvalue weighted by Gasteiger charge is -2.08. The van der Waals surface area contributed by atoms with Gasteiger partial charge < -0.3 is 4.74 Å². The number of sulfonamides is 1. The van der Waals surface area contributed by atoms with Gasteiger partial charge in [-0.3, -0.25) is 4.72 Å². The standard InChI is InChI=1S/C19H13ClFN3O3S3/c20-13-3-1-12(2-4-13)9-14-11-29-19(23-14)27-15-5-6-17(16(21)10-15)30(25,26)24-18-22-7-8-28-18/h1-8,10-11H,9H2,(H,22,24). The lowest BCUT2D eigenvalue weighted by Crippen LogP contribution is -2.14. The number of hydrogen-bond acceptors (Lipinski definition) is 7. The summed E-state index contributed by atoms with van der Waals surface area (Å²) < 4.78 is 47.0. The number of nitrogens with zero attached hydrogens (tertiary/aromatic N) is 2. The van der Waals surface area contributed by atoms with E-state index >= 15 is 0 Å². The molecule has 0 aliphatic rings. The lowest BCUT2D eigenvalue weighted by molar-refractivity contribution is 0.469. The first-order chi connectivity index (χ1) is 14.4. The molecular weight excluding hydrogens is 469 g/mol. The zero-order valence-corrected chi connectivity index (χ0v) is 18.3. The summed E-state index contributed by atoms with van der Waals surface area (Å²) in [6, 6.07) is 11.0. The van der Waals surface area contributed by atoms with Crippen LogP contribution in [0.2, 0.25) is 5.02 Å². The van der Waals surface area contributed by atoms with Gasteiger partial charge in [-0.25, -0.2) is 22.8 Å². The molecule has 11 heteroatoms. The Morgan fingerprint density at radius 2 is 1.93 bits per heavy atom. The molecule has 154 valence electrons. The number of ether oxygens (including phenoxy) is 1. The number of hydrogen-bond donors (Lipinski definition) is 1. The molecule has 0 saturated heterocycles. The summed E-state index contributed by atoms with van der Waals surface area (Å²) >= 11 is 8.25. The SMILES string of the molecule is O=S(=O)(Nc1nccs1)c1ccc(Oc2nc(Cc3ccc(Cl)cc3)cs2)cc1F. The van der Waals surface area contributed by atoms with Crippen LogP contribution in [-0.2, 0) is 16.4 Å². The summed E-state index contributed by atoms with van der Waals surface area (Å²) in [5.41, 5.74) is 1.84. The van der Waals surface area contributed by atoms with Gasteiger partial charge in [0.2, 0.25) is 0 Å². The highest BCUT2D eigenvalue weighted by Crippen LogP contribution is 2.29. The third kappa shape index (κ3) is 4.96. The second kappa shape index (κ2) is 8.68. The monoisotopic (exact) mass is 481 g/mol. The molecule has 4 aromatic rings. The fourth-order valence-corrected chi connectivity index (χ4v) is 5.20. The molecule has 0 amide bonds. The maximum absolute atomic E-state index is 14.5. The minimum absolute atomic E-state index is 0.146. The fourth-order valence-electron chi connectivity index (χ4n) is 2.54. The summed E-state index contributed by atoms with van der Waals surface area (Å²) in [5.74, 6) is -0.789. The van der Waals surface area contributed by atoms with Crippen LogP contribution in [0.5, 0.6) is 10.9 Å². The summed E-state index contributed by atoms with van der Waals surface area (Å²) in [5, 5.41) is 4.60. The Balaban J connectivity index is 1.46. The molecule has 0 saturated carbocycles. The predicted molar refractivity (Wildman–Crippen MR) is 116 cm³/mol. The van der Waals surface area contributed by atoms with Crippen LogP contribution in [0.4, 0.5) is 9.52 Å². The predicted octanol–water partition coefficient (Wildman–Crippen LogP) is 5.58. The number of nitrogens with one attached hydrogen (secondary N) is 1. The number of thiazole rings is 2. The third-order valence-corrected chi connectivity index (χ3v) is 7.09. The molecule has 0 spiro atoms. The van der Waals surface area contributed by atoms with Gasteiger partial charge in [0, 0.05) is 34.5 Å². The molecule has 2 aromatic carbocycles. The van der Waals surface area contributed by atoms with Gasteiger partial charge in [-0.05, 0) is 29.8 Å². The zero-order valence-electron chi connectivity index (χ0n) is 15.1. The van der Waals surface area contributed by atoms with Gasteiger partial charge >= 0.3 is 0 Å². The van der Waals surface area contributed by atoms with Crippen LogP contribution in [0, 0.1) is 5.82 Å². The van der Waals surface area contributed by atoms with Gasteiger partial charge in [0.1, 0.15) is 16.5 Å². The summed E-state index contributed by atoms with van der Waals surface area (Å²) in [7, 11) is -4.09. The van der Waals surface area contributed by atoms with Crippen molar-refractivity contribution in [2.45, 2.75) is 11.3 Å². The maximum Gasteiger partial charge on any atom is 0.278 e. The molecule has 30 heavy (non-hydrogen) atoms. The summed E-state index contributed by atoms with van der Waals surface area (Å²) in [6.45, 7) is 0. The molecule has 0 unspecified atom stereocenters. The van der Waals surface area contributed by atoms with Crippen LogP contribution in [0.3, 0.4) is 0 Å². The number of rotatable bonds is 7. The van der Waals surface area contributed by atoms with Crippen LogP contribution in [-0.4, -0.2) is 18.4 Å². The van der Waals surface area contributed by atoms with Crippen molar-refractivity contribution in [3.63, 3.8) is 0 Å². The van der Waals surface area contributed by atoms with E-state index in [2.05, 4.69) is 14.7 Å². The van der Waals surface area contributed by atoms with E-state index in [0.717, 1.165) is 34.7 Å². The van der Waals surface area contributed by atoms with E-state index in [4.69, 9.17) is 16.3 Å². The highest BCUT2D eigenvalue weighted by molar-refractivity contribution is 7.93. The van der Waals surface area contributed by atoms with E-state index in [-0.39, 0.29) is 10.9 Å². The third-order valence-electron chi connectivity index (χ3n) is 3.88. The van der Waals surface area contributed by atoms with E-state index in [1.54, 1.807) is 5.38 Å². The number of halogens is 2. The lowest BCUT2D eigenvalue weighted by atomic mass is 10.1. The van der Waals surface area contributed by atoms with Crippen LogP contribution in [0.25, 0.3) is 0 Å². The smallest absolute Gasteiger partial charge is 0.278 e. The van der Waals surface area contributed by atoms with Gasteiger partial charge in [-0.1, -0.05) is 35.1 Å². The molecule has 0 fully saturated rings. The molecule has 0 aliphatic heterocycles. The minimum Gasteiger partial charge on any atom is -0.431 e. The van der Waals surface area contributed by atoms with Crippen molar-refractivity contribution in [2.75, 3.05) is 4.72 Å². The molecule has 2 heterocycles. The largest absolute Gasteiger partial charge is 0.431 e. The summed E-state index contributed by atoms with van der Waals surface area (Å²) in [4.78, 5) is 7.72. The van der Waals surface area contributed by atoms with Crippen molar-refractivity contribution in [1.29, 1.82) is 0 Å². The average molecular weight is 482 g/mol. The van der Waals surface area contributed by atoms with Crippen LogP contribution >= 0.6 is 34.3 Å². The van der Waals surface area contributed by atoms with Crippen molar-refractivity contribution >= 4 is 49.4 Å². The highest BCUT2D eigenvalue weighted by Gasteiger charge is 2.21. The first kappa shape index (κ1) is 20.7. The van der Waals surface area contributed by atoms with E-state index in [9.17, 15) is 12.8 Å². The molecule has 0 atom stereocenters. The van der Waals surface area contributed by atoms with Crippen LogP contribution in [0.1, 0.15) is 11.3 Å². The molecule has 1 N–H and O–H groups in total. The molecule has 0 aliphatic carbocycles. The second-order valence-corrected chi connectivity index (χ2v) is 9.85. The van der Waals surface area contributed by atoms with Crippen molar-refractivity contribution in [1.82, 2.24) is 9.97 Å². The van der Waals surface area contributed by atoms with E-state index in [0.29, 0.717) is 16.6 Å². The van der Waals surface area contributed by atoms with Crippen molar-refractivity contribution in [2.24, 2.45) is 0 Å². The van der Waals surface area contributed by atoms with Gasteiger partial charge in [0.05, 0.1) is 5.69 Å². The van der Waals surface area contributed by atoms with E-state index < -0.39 is 20.7 Å². The van der Waals surface area contributed by atoms with Crippen molar-refractivity contribution in [3.8, 4) is 10.9 Å². The number of aromatic nitrogens is 2. The topological polar surface area (TPSA) is 81.2 Å². The Morgan fingerprint density at radius 1 is 1.13 bits per heavy atom. The van der Waals surface area contributed by atoms with Gasteiger partial charge in [0.15, 0.2) is 5.13 Å². The normalized spacial score (nSPS) is 11.4. The Labute approximate surface area is 185 Å². The molecule has 2 aromatic heterocycles. The quantitative estimate of drug-likeness (QED) is 0.373. The highest BCUT2D eigenvalue weighted by atomic mass is 35.5. The van der Waals surface area contributed by atoms with E-state index in [1.165, 1.54) is 23.6 Å². The van der Waals surface area contributed by atoms with E-state index in [1.807, 2.05) is 29.6 Å². The first-order valence-corrected chi connectivity index (χ1v) is 12.1. The van der Waals surface area contributed by atoms with Gasteiger partial charge in [0.25, 0.3) is 15.2 Å². The Morgan fingerprint density at radius 3 is 2.63 bits per heavy atom. The fraction of sp³-hybridized carbons (Fsp3) is 0.0526. The number of benzene rings is 2. The summed E-state index contributed by atoms with van der Waals surface area (Å²) in [6.07, 6.45) is 2.05. The van der Waals surface area contributed by atoms with Gasteiger partial charge in [-0.15, -0.1) is 11.3 Å². The first-order valence-electron chi connectivity index (χ1n) is 8.47. The Bertz CT molecular complexity index is 1260. The minimum atomic E-state index is -4.09.